The third-order valence-electron chi connectivity index (χ3n) is 4.20. The van der Waals surface area contributed by atoms with Crippen LogP contribution in [0.3, 0.4) is 0 Å². The first-order chi connectivity index (χ1) is 14.1. The van der Waals surface area contributed by atoms with Crippen LogP contribution in [-0.2, 0) is 19.4 Å². The molecule has 0 aromatic heterocycles. The van der Waals surface area contributed by atoms with E-state index in [-0.39, 0.29) is 6.23 Å². The number of carbonyl (C=O) groups is 1. The van der Waals surface area contributed by atoms with Crippen LogP contribution in [0, 0.1) is 0 Å². The Balaban J connectivity index is -0.000000495. The van der Waals surface area contributed by atoms with Gasteiger partial charge in [0.2, 0.25) is 0 Å². The third kappa shape index (κ3) is 45.8. The van der Waals surface area contributed by atoms with Gasteiger partial charge in [0.1, 0.15) is 6.23 Å². The molecule has 0 aliphatic heterocycles. The molecule has 8 nitrogen and oxygen atoms in total. The molecule has 0 fully saturated rings. The quantitative estimate of drug-likeness (QED) is 0.137. The molecule has 0 radical (unpaired) electrons. The molecule has 9 heteroatoms. The highest BCUT2D eigenvalue weighted by molar-refractivity contribution is 7.80. The first kappa shape index (κ1) is 33.9. The Bertz CT molecular complexity index is 443. The van der Waals surface area contributed by atoms with Crippen LogP contribution in [0.15, 0.2) is 0 Å². The Morgan fingerprint density at radius 1 is 0.867 bits per heavy atom. The fourth-order valence-corrected chi connectivity index (χ4v) is 2.59. The van der Waals surface area contributed by atoms with Crippen molar-refractivity contribution in [2.24, 2.45) is 0 Å². The van der Waals surface area contributed by atoms with Crippen molar-refractivity contribution in [2.45, 2.75) is 117 Å². The van der Waals surface area contributed by atoms with Gasteiger partial charge in [-0.05, 0) is 19.9 Å². The van der Waals surface area contributed by atoms with Gasteiger partial charge in [-0.25, -0.2) is 0 Å². The zero-order valence-electron chi connectivity index (χ0n) is 19.6. The van der Waals surface area contributed by atoms with E-state index in [1.165, 1.54) is 70.6 Å². The second-order valence-electron chi connectivity index (χ2n) is 7.21. The predicted molar refractivity (Wildman–Crippen MR) is 122 cm³/mol. The molecule has 184 valence electrons. The molecule has 0 saturated heterocycles. The number of rotatable bonds is 17. The molecule has 0 aliphatic rings. The van der Waals surface area contributed by atoms with Gasteiger partial charge in [-0.15, -0.1) is 0 Å². The van der Waals surface area contributed by atoms with E-state index >= 15 is 0 Å². The molecule has 30 heavy (non-hydrogen) atoms. The van der Waals surface area contributed by atoms with Crippen molar-refractivity contribution in [3.05, 3.63) is 0 Å². The number of unbranched alkanes of at least 4 members (excludes halogenated alkanes) is 12. The number of hydrogen-bond acceptors (Lipinski definition) is 6. The largest absolute Gasteiger partial charge is 0.481 e. The maximum atomic E-state index is 10.3. The van der Waals surface area contributed by atoms with E-state index in [4.69, 9.17) is 14.8 Å². The first-order valence-corrected chi connectivity index (χ1v) is 12.6. The predicted octanol–water partition coefficient (Wildman–Crippen LogP) is 4.92. The average molecular weight is 458 g/mol. The van der Waals surface area contributed by atoms with Crippen molar-refractivity contribution in [2.75, 3.05) is 13.7 Å². The van der Waals surface area contributed by atoms with Gasteiger partial charge in [0.25, 0.3) is 0 Å². The molecule has 0 saturated carbocycles. The van der Waals surface area contributed by atoms with Gasteiger partial charge in [0.15, 0.2) is 0 Å². The van der Waals surface area contributed by atoms with Crippen molar-refractivity contribution in [3.8, 4) is 0 Å². The lowest BCUT2D eigenvalue weighted by atomic mass is 10.0. The van der Waals surface area contributed by atoms with E-state index in [1.54, 1.807) is 6.92 Å². The van der Waals surface area contributed by atoms with Crippen LogP contribution in [0.4, 0.5) is 0 Å². The Labute approximate surface area is 184 Å². The van der Waals surface area contributed by atoms with Gasteiger partial charge >= 0.3 is 16.4 Å². The highest BCUT2D eigenvalue weighted by Crippen LogP contribution is 2.12. The summed E-state index contributed by atoms with van der Waals surface area (Å²) in [6.45, 7) is 6.74. The molecule has 1 unspecified atom stereocenters. The average Bonchev–Trinajstić information content (AvgIpc) is 2.65. The SMILES string of the molecule is CCCCCCCCCCCCCCCC(=O)O.CCNC(C)O.COS(=O)(=O)O. The fraction of sp³-hybridized carbons (Fsp3) is 0.952. The lowest BCUT2D eigenvalue weighted by Crippen LogP contribution is -2.24. The van der Waals surface area contributed by atoms with Crippen LogP contribution < -0.4 is 5.32 Å². The Hall–Kier alpha value is -0.740. The van der Waals surface area contributed by atoms with Gasteiger partial charge < -0.3 is 10.2 Å². The van der Waals surface area contributed by atoms with Gasteiger partial charge in [0, 0.05) is 6.42 Å². The molecule has 0 spiro atoms. The topological polar surface area (TPSA) is 133 Å². The van der Waals surface area contributed by atoms with Crippen molar-refractivity contribution < 1.29 is 32.2 Å². The van der Waals surface area contributed by atoms with Gasteiger partial charge in [0.05, 0.1) is 7.11 Å². The minimum Gasteiger partial charge on any atom is -0.481 e. The second-order valence-corrected chi connectivity index (χ2v) is 8.40. The number of hydrogen-bond donors (Lipinski definition) is 4. The number of carboxylic acid groups (broad SMARTS) is 1. The van der Waals surface area contributed by atoms with Crippen molar-refractivity contribution in [3.63, 3.8) is 0 Å². The van der Waals surface area contributed by atoms with E-state index in [1.807, 2.05) is 6.92 Å². The molecule has 0 heterocycles. The monoisotopic (exact) mass is 457 g/mol. The number of carboxylic acids is 1. The van der Waals surface area contributed by atoms with Crippen molar-refractivity contribution in [1.82, 2.24) is 5.32 Å². The molecule has 0 aliphatic carbocycles. The minimum atomic E-state index is -4.16. The zero-order chi connectivity index (χ0) is 23.7. The lowest BCUT2D eigenvalue weighted by Gasteiger charge is -2.02. The standard InChI is InChI=1S/C16H32O2.C4H11NO.CH4O4S/c1-2-3-4-5-6-7-8-9-10-11-12-13-14-15-16(17)18;1-3-5-4(2)6;1-5-6(2,3)4/h2-15H2,1H3,(H,17,18);4-6H,3H2,1-2H3;1H3,(H,2,3,4). The van der Waals surface area contributed by atoms with E-state index in [0.29, 0.717) is 6.42 Å². The summed E-state index contributed by atoms with van der Waals surface area (Å²) in [6.07, 6.45) is 16.9. The van der Waals surface area contributed by atoms with Crippen LogP contribution >= 0.6 is 0 Å². The van der Waals surface area contributed by atoms with Gasteiger partial charge in [-0.2, -0.15) is 8.42 Å². The summed E-state index contributed by atoms with van der Waals surface area (Å²) in [5.41, 5.74) is 0. The Morgan fingerprint density at radius 2 is 1.20 bits per heavy atom. The molecule has 1 atom stereocenters. The summed E-state index contributed by atoms with van der Waals surface area (Å²) in [7, 11) is -3.29. The van der Waals surface area contributed by atoms with Crippen molar-refractivity contribution in [1.29, 1.82) is 0 Å². The Morgan fingerprint density at radius 3 is 1.40 bits per heavy atom. The molecular formula is C21H47NO7S. The number of aliphatic carboxylic acids is 1. The molecule has 0 rings (SSSR count). The van der Waals surface area contributed by atoms with Crippen LogP contribution in [0.5, 0.6) is 0 Å². The number of aliphatic hydroxyl groups is 1. The Kier molecular flexibility index (Phi) is 29.7. The van der Waals surface area contributed by atoms with Crippen LogP contribution in [0.1, 0.15) is 111 Å². The zero-order valence-corrected chi connectivity index (χ0v) is 20.4. The van der Waals surface area contributed by atoms with Crippen LogP contribution in [0.2, 0.25) is 0 Å². The maximum Gasteiger partial charge on any atom is 0.397 e. The van der Waals surface area contributed by atoms with Gasteiger partial charge in [-0.1, -0.05) is 90.9 Å². The molecular weight excluding hydrogens is 410 g/mol. The molecule has 0 bridgehead atoms. The highest BCUT2D eigenvalue weighted by atomic mass is 32.3. The van der Waals surface area contributed by atoms with E-state index in [2.05, 4.69) is 16.4 Å². The molecule has 0 aromatic carbocycles. The molecule has 0 aromatic rings. The molecule has 4 N–H and O–H groups in total. The van der Waals surface area contributed by atoms with E-state index in [0.717, 1.165) is 26.5 Å². The van der Waals surface area contributed by atoms with E-state index in [9.17, 15) is 13.2 Å². The van der Waals surface area contributed by atoms with Crippen LogP contribution in [0.25, 0.3) is 0 Å². The first-order valence-electron chi connectivity index (χ1n) is 11.3. The van der Waals surface area contributed by atoms with Crippen molar-refractivity contribution >= 4 is 16.4 Å². The number of nitrogens with one attached hydrogen (secondary N) is 1. The lowest BCUT2D eigenvalue weighted by molar-refractivity contribution is -0.137. The third-order valence-corrected chi connectivity index (χ3v) is 4.63. The fourth-order valence-electron chi connectivity index (χ4n) is 2.59. The molecule has 0 amide bonds. The summed E-state index contributed by atoms with van der Waals surface area (Å²) in [6, 6.07) is 0. The summed E-state index contributed by atoms with van der Waals surface area (Å²) in [4.78, 5) is 10.3. The maximum absolute atomic E-state index is 10.3. The normalized spacial score (nSPS) is 11.7. The highest BCUT2D eigenvalue weighted by Gasteiger charge is 1.97. The van der Waals surface area contributed by atoms with Gasteiger partial charge in [-0.3, -0.25) is 18.8 Å². The van der Waals surface area contributed by atoms with Crippen LogP contribution in [-0.4, -0.2) is 49.0 Å². The number of aliphatic hydroxyl groups excluding tert-OH is 1. The smallest absolute Gasteiger partial charge is 0.397 e. The second kappa shape index (κ2) is 26.3. The van der Waals surface area contributed by atoms with E-state index < -0.39 is 16.4 Å². The summed E-state index contributed by atoms with van der Waals surface area (Å²) in [5, 5.41) is 19.7. The minimum absolute atomic E-state index is 0.345. The summed E-state index contributed by atoms with van der Waals surface area (Å²) >= 11 is 0. The summed E-state index contributed by atoms with van der Waals surface area (Å²) in [5.74, 6) is -0.655. The summed E-state index contributed by atoms with van der Waals surface area (Å²) < 4.78 is 29.7.